The lowest BCUT2D eigenvalue weighted by Gasteiger charge is -2.40. The summed E-state index contributed by atoms with van der Waals surface area (Å²) in [7, 11) is 0. The SMILES string of the molecule is CCOc1cc2c(c(F)c1F)OC(C1CCC(C3CCC(CCF)CC3)CC1)CC2. The molecule has 1 heterocycles. The summed E-state index contributed by atoms with van der Waals surface area (Å²) >= 11 is 0. The third-order valence-corrected chi connectivity index (χ3v) is 7.89. The van der Waals surface area contributed by atoms with Gasteiger partial charge in [-0.25, -0.2) is 0 Å². The average Bonchev–Trinajstić information content (AvgIpc) is 2.78. The van der Waals surface area contributed by atoms with Crippen molar-refractivity contribution in [2.75, 3.05) is 13.3 Å². The summed E-state index contributed by atoms with van der Waals surface area (Å²) < 4.78 is 52.7. The van der Waals surface area contributed by atoms with Gasteiger partial charge in [0.05, 0.1) is 13.3 Å². The number of hydrogen-bond donors (Lipinski definition) is 0. The van der Waals surface area contributed by atoms with Crippen molar-refractivity contribution < 1.29 is 22.6 Å². The first kappa shape index (κ1) is 21.8. The largest absolute Gasteiger partial charge is 0.491 e. The zero-order valence-corrected chi connectivity index (χ0v) is 18.1. The summed E-state index contributed by atoms with van der Waals surface area (Å²) in [6, 6.07) is 1.60. The first-order chi connectivity index (χ1) is 14.6. The third-order valence-electron chi connectivity index (χ3n) is 7.89. The quantitative estimate of drug-likeness (QED) is 0.488. The monoisotopic (exact) mass is 424 g/mol. The number of aryl methyl sites for hydroxylation is 1. The molecule has 2 fully saturated rings. The molecule has 1 atom stereocenters. The van der Waals surface area contributed by atoms with E-state index in [9.17, 15) is 13.2 Å². The number of benzene rings is 1. The van der Waals surface area contributed by atoms with Gasteiger partial charge in [0.25, 0.3) is 0 Å². The van der Waals surface area contributed by atoms with Crippen molar-refractivity contribution in [1.29, 1.82) is 0 Å². The van der Waals surface area contributed by atoms with Crippen LogP contribution < -0.4 is 9.47 Å². The highest BCUT2D eigenvalue weighted by Gasteiger charge is 2.36. The molecule has 1 aliphatic heterocycles. The van der Waals surface area contributed by atoms with E-state index in [0.29, 0.717) is 30.4 Å². The van der Waals surface area contributed by atoms with E-state index >= 15 is 0 Å². The second kappa shape index (κ2) is 9.82. The average molecular weight is 425 g/mol. The molecule has 1 unspecified atom stereocenters. The Balaban J connectivity index is 1.32. The molecule has 4 rings (SSSR count). The maximum Gasteiger partial charge on any atom is 0.204 e. The van der Waals surface area contributed by atoms with Gasteiger partial charge in [0.15, 0.2) is 11.5 Å². The third kappa shape index (κ3) is 4.60. The molecule has 2 saturated carbocycles. The molecule has 1 aromatic carbocycles. The van der Waals surface area contributed by atoms with Crippen LogP contribution in [-0.2, 0) is 6.42 Å². The molecular formula is C25H35F3O2. The highest BCUT2D eigenvalue weighted by atomic mass is 19.2. The van der Waals surface area contributed by atoms with Gasteiger partial charge in [-0.15, -0.1) is 0 Å². The van der Waals surface area contributed by atoms with Gasteiger partial charge in [0.2, 0.25) is 11.6 Å². The van der Waals surface area contributed by atoms with Gasteiger partial charge in [0, 0.05) is 5.56 Å². The molecule has 30 heavy (non-hydrogen) atoms. The highest BCUT2D eigenvalue weighted by Crippen LogP contribution is 2.45. The van der Waals surface area contributed by atoms with E-state index in [-0.39, 0.29) is 24.3 Å². The van der Waals surface area contributed by atoms with E-state index in [1.165, 1.54) is 38.5 Å². The summed E-state index contributed by atoms with van der Waals surface area (Å²) in [5.74, 6) is 0.814. The second-order valence-corrected chi connectivity index (χ2v) is 9.55. The van der Waals surface area contributed by atoms with Crippen LogP contribution in [0.4, 0.5) is 13.2 Å². The van der Waals surface area contributed by atoms with Crippen LogP contribution in [0.25, 0.3) is 0 Å². The van der Waals surface area contributed by atoms with E-state index in [1.807, 2.05) is 0 Å². The Kier molecular flexibility index (Phi) is 7.15. The number of fused-ring (bicyclic) bond motifs is 1. The Bertz CT molecular complexity index is 707. The molecular weight excluding hydrogens is 389 g/mol. The maximum absolute atomic E-state index is 14.6. The molecule has 5 heteroatoms. The standard InChI is InChI=1S/C25H35F3O2/c1-2-29-22-15-20-11-12-21(30-25(20)24(28)23(22)27)19-9-7-18(8-10-19)17-5-3-16(4-6-17)13-14-26/h15-19,21H,2-14H2,1H3. The van der Waals surface area contributed by atoms with Gasteiger partial charge in [0.1, 0.15) is 6.10 Å². The van der Waals surface area contributed by atoms with Crippen molar-refractivity contribution in [3.8, 4) is 11.5 Å². The topological polar surface area (TPSA) is 18.5 Å². The smallest absolute Gasteiger partial charge is 0.204 e. The molecule has 0 bridgehead atoms. The summed E-state index contributed by atoms with van der Waals surface area (Å²) in [6.07, 6.45) is 11.8. The van der Waals surface area contributed by atoms with Gasteiger partial charge in [-0.3, -0.25) is 4.39 Å². The van der Waals surface area contributed by atoms with Crippen molar-refractivity contribution in [3.63, 3.8) is 0 Å². The van der Waals surface area contributed by atoms with Crippen LogP contribution in [0.15, 0.2) is 6.07 Å². The van der Waals surface area contributed by atoms with Crippen molar-refractivity contribution in [2.45, 2.75) is 83.7 Å². The van der Waals surface area contributed by atoms with Gasteiger partial charge in [-0.05, 0) is 94.4 Å². The molecule has 1 aromatic rings. The number of halogens is 3. The first-order valence-electron chi connectivity index (χ1n) is 12.0. The van der Waals surface area contributed by atoms with E-state index in [1.54, 1.807) is 13.0 Å². The van der Waals surface area contributed by atoms with Crippen LogP contribution in [-0.4, -0.2) is 19.4 Å². The van der Waals surface area contributed by atoms with Crippen molar-refractivity contribution >= 4 is 0 Å². The normalized spacial score (nSPS) is 31.7. The molecule has 0 saturated heterocycles. The summed E-state index contributed by atoms with van der Waals surface area (Å²) in [4.78, 5) is 0. The number of hydrogen-bond acceptors (Lipinski definition) is 2. The van der Waals surface area contributed by atoms with Crippen LogP contribution in [0.5, 0.6) is 11.5 Å². The number of ether oxygens (including phenoxy) is 2. The lowest BCUT2D eigenvalue weighted by Crippen LogP contribution is -2.35. The molecule has 0 radical (unpaired) electrons. The molecule has 0 spiro atoms. The lowest BCUT2D eigenvalue weighted by atomic mass is 9.68. The van der Waals surface area contributed by atoms with Crippen molar-refractivity contribution in [3.05, 3.63) is 23.3 Å². The van der Waals surface area contributed by atoms with Gasteiger partial charge in [-0.2, -0.15) is 8.78 Å². The van der Waals surface area contributed by atoms with E-state index in [2.05, 4.69) is 0 Å². The fourth-order valence-corrected chi connectivity index (χ4v) is 6.14. The first-order valence-corrected chi connectivity index (χ1v) is 12.0. The number of rotatable bonds is 6. The zero-order chi connectivity index (χ0) is 21.1. The van der Waals surface area contributed by atoms with Gasteiger partial charge >= 0.3 is 0 Å². The Labute approximate surface area is 178 Å². The van der Waals surface area contributed by atoms with Crippen LogP contribution in [0.2, 0.25) is 0 Å². The van der Waals surface area contributed by atoms with E-state index in [0.717, 1.165) is 37.5 Å². The summed E-state index contributed by atoms with van der Waals surface area (Å²) in [6.45, 7) is 1.89. The van der Waals surface area contributed by atoms with Crippen LogP contribution in [0, 0.1) is 35.3 Å². The van der Waals surface area contributed by atoms with E-state index < -0.39 is 11.6 Å². The van der Waals surface area contributed by atoms with Crippen molar-refractivity contribution in [2.24, 2.45) is 23.7 Å². The van der Waals surface area contributed by atoms with Crippen LogP contribution in [0.1, 0.15) is 76.7 Å². The van der Waals surface area contributed by atoms with Gasteiger partial charge in [-0.1, -0.05) is 12.8 Å². The highest BCUT2D eigenvalue weighted by molar-refractivity contribution is 5.44. The summed E-state index contributed by atoms with van der Waals surface area (Å²) in [5.41, 5.74) is 0.715. The Morgan fingerprint density at radius 2 is 1.53 bits per heavy atom. The Morgan fingerprint density at radius 1 is 0.900 bits per heavy atom. The summed E-state index contributed by atoms with van der Waals surface area (Å²) in [5, 5.41) is 0. The Hall–Kier alpha value is -1.39. The van der Waals surface area contributed by atoms with Gasteiger partial charge < -0.3 is 9.47 Å². The molecule has 3 aliphatic rings. The minimum absolute atomic E-state index is 0.0162. The maximum atomic E-state index is 14.6. The predicted octanol–water partition coefficient (Wildman–Crippen LogP) is 7.03. The molecule has 0 aromatic heterocycles. The lowest BCUT2D eigenvalue weighted by molar-refractivity contribution is 0.0559. The Morgan fingerprint density at radius 3 is 2.17 bits per heavy atom. The fourth-order valence-electron chi connectivity index (χ4n) is 6.14. The molecule has 2 nitrogen and oxygen atoms in total. The minimum Gasteiger partial charge on any atom is -0.491 e. The zero-order valence-electron chi connectivity index (χ0n) is 18.1. The molecule has 0 N–H and O–H groups in total. The van der Waals surface area contributed by atoms with Crippen LogP contribution >= 0.6 is 0 Å². The number of alkyl halides is 1. The van der Waals surface area contributed by atoms with E-state index in [4.69, 9.17) is 9.47 Å². The minimum atomic E-state index is -0.941. The molecule has 168 valence electrons. The second-order valence-electron chi connectivity index (χ2n) is 9.55. The van der Waals surface area contributed by atoms with Crippen LogP contribution in [0.3, 0.4) is 0 Å². The fraction of sp³-hybridized carbons (Fsp3) is 0.760. The molecule has 0 amide bonds. The van der Waals surface area contributed by atoms with Crippen molar-refractivity contribution in [1.82, 2.24) is 0 Å². The molecule has 2 aliphatic carbocycles. The predicted molar refractivity (Wildman–Crippen MR) is 112 cm³/mol.